The Hall–Kier alpha value is -2.15. The molecule has 1 aromatic rings. The van der Waals surface area contributed by atoms with Crippen LogP contribution in [0.2, 0.25) is 0 Å². The van der Waals surface area contributed by atoms with Gasteiger partial charge in [0.05, 0.1) is 12.5 Å². The van der Waals surface area contributed by atoms with E-state index < -0.39 is 17.7 Å². The molecule has 3 rings (SSSR count). The summed E-state index contributed by atoms with van der Waals surface area (Å²) in [6, 6.07) is 4.25. The number of Topliss-reactive ketones (excluding diaryl/α,β-unsaturated/α-hetero) is 1. The molecule has 1 aliphatic carbocycles. The maximum atomic E-state index is 14.7. The Labute approximate surface area is 165 Å². The Balaban J connectivity index is 2.21. The lowest BCUT2D eigenvalue weighted by Crippen LogP contribution is -2.26. The van der Waals surface area contributed by atoms with Crippen LogP contribution in [0.3, 0.4) is 0 Å². The molecule has 0 saturated carbocycles. The fraction of sp³-hybridized carbons (Fsp3) is 0.400. The molecule has 1 unspecified atom stereocenters. The molecule has 0 radical (unpaired) electrons. The van der Waals surface area contributed by atoms with Crippen molar-refractivity contribution in [2.75, 3.05) is 6.61 Å². The van der Waals surface area contributed by atoms with Crippen molar-refractivity contribution in [2.24, 2.45) is 11.1 Å². The molecular weight excluding hydrogens is 417 g/mol. The highest BCUT2D eigenvalue weighted by atomic mass is 79.9. The predicted molar refractivity (Wildman–Crippen MR) is 101 cm³/mol. The molecule has 0 spiro atoms. The second-order valence-corrected chi connectivity index (χ2v) is 8.40. The molecule has 2 aliphatic rings. The number of ketones is 1. The number of halogens is 2. The third kappa shape index (κ3) is 3.65. The molecule has 0 amide bonds. The van der Waals surface area contributed by atoms with E-state index in [1.807, 2.05) is 13.8 Å². The summed E-state index contributed by atoms with van der Waals surface area (Å²) in [6.07, 6.45) is 0.981. The van der Waals surface area contributed by atoms with Gasteiger partial charge in [-0.05, 0) is 37.0 Å². The van der Waals surface area contributed by atoms with Crippen LogP contribution in [0.15, 0.2) is 45.5 Å². The molecular formula is C20H21BrFNO4. The maximum Gasteiger partial charge on any atom is 0.340 e. The van der Waals surface area contributed by atoms with E-state index in [1.54, 1.807) is 6.92 Å². The summed E-state index contributed by atoms with van der Waals surface area (Å²) in [5.41, 5.74) is 6.24. The molecule has 1 aliphatic heterocycles. The summed E-state index contributed by atoms with van der Waals surface area (Å²) in [6.45, 7) is 5.76. The third-order valence-electron chi connectivity index (χ3n) is 4.74. The van der Waals surface area contributed by atoms with E-state index in [0.717, 1.165) is 0 Å². The lowest BCUT2D eigenvalue weighted by molar-refractivity contribution is -0.139. The Morgan fingerprint density at radius 1 is 1.41 bits per heavy atom. The van der Waals surface area contributed by atoms with Gasteiger partial charge in [-0.2, -0.15) is 0 Å². The lowest BCUT2D eigenvalue weighted by Gasteiger charge is -2.22. The molecule has 0 fully saturated rings. The molecule has 0 aromatic heterocycles. The number of benzene rings is 1. The molecule has 27 heavy (non-hydrogen) atoms. The van der Waals surface area contributed by atoms with Gasteiger partial charge in [0.25, 0.3) is 0 Å². The Bertz CT molecular complexity index is 888. The maximum absolute atomic E-state index is 14.7. The zero-order chi connectivity index (χ0) is 19.9. The largest absolute Gasteiger partial charge is 0.462 e. The molecule has 0 bridgehead atoms. The van der Waals surface area contributed by atoms with Gasteiger partial charge in [0.2, 0.25) is 5.88 Å². The number of hydrogen-bond acceptors (Lipinski definition) is 5. The summed E-state index contributed by atoms with van der Waals surface area (Å²) in [4.78, 5) is 26.0. The quantitative estimate of drug-likeness (QED) is 0.720. The van der Waals surface area contributed by atoms with E-state index >= 15 is 0 Å². The number of ether oxygens (including phenoxy) is 2. The lowest BCUT2D eigenvalue weighted by atomic mass is 9.81. The van der Waals surface area contributed by atoms with Gasteiger partial charge in [-0.25, -0.2) is 9.18 Å². The van der Waals surface area contributed by atoms with E-state index in [2.05, 4.69) is 15.9 Å². The number of carbonyl (C=O) groups is 2. The van der Waals surface area contributed by atoms with Crippen LogP contribution in [0, 0.1) is 11.2 Å². The van der Waals surface area contributed by atoms with Crippen LogP contribution in [-0.2, 0) is 19.1 Å². The molecule has 144 valence electrons. The van der Waals surface area contributed by atoms with Gasteiger partial charge >= 0.3 is 5.97 Å². The summed E-state index contributed by atoms with van der Waals surface area (Å²) in [5.74, 6) is -2.75. The summed E-state index contributed by atoms with van der Waals surface area (Å²) < 4.78 is 26.0. The van der Waals surface area contributed by atoms with Crippen molar-refractivity contribution in [1.82, 2.24) is 0 Å². The Kier molecular flexibility index (Phi) is 5.16. The summed E-state index contributed by atoms with van der Waals surface area (Å²) in [7, 11) is 0. The number of carbonyl (C=O) groups excluding carboxylic acids is 2. The van der Waals surface area contributed by atoms with Gasteiger partial charge in [-0.1, -0.05) is 29.8 Å². The first-order valence-electron chi connectivity index (χ1n) is 8.70. The van der Waals surface area contributed by atoms with E-state index in [9.17, 15) is 14.0 Å². The van der Waals surface area contributed by atoms with E-state index in [-0.39, 0.29) is 34.8 Å². The summed E-state index contributed by atoms with van der Waals surface area (Å²) >= 11 is 3.29. The summed E-state index contributed by atoms with van der Waals surface area (Å²) in [5, 5.41) is 0. The van der Waals surface area contributed by atoms with Crippen molar-refractivity contribution in [3.8, 4) is 0 Å². The zero-order valence-corrected chi connectivity index (χ0v) is 17.0. The SMILES string of the molecule is CCOC(=O)C1=C(N)OC2=C(CC(C)(C)C2)C(=O)C1c1cc(Br)ccc1F. The monoisotopic (exact) mass is 437 g/mol. The van der Waals surface area contributed by atoms with E-state index in [4.69, 9.17) is 15.2 Å². The van der Waals surface area contributed by atoms with Crippen LogP contribution in [0.25, 0.3) is 0 Å². The van der Waals surface area contributed by atoms with Crippen molar-refractivity contribution in [3.63, 3.8) is 0 Å². The van der Waals surface area contributed by atoms with E-state index in [1.165, 1.54) is 18.2 Å². The number of nitrogens with two attached hydrogens (primary N) is 1. The van der Waals surface area contributed by atoms with Gasteiger partial charge < -0.3 is 15.2 Å². The van der Waals surface area contributed by atoms with Crippen LogP contribution in [0.1, 0.15) is 45.1 Å². The molecule has 1 aromatic carbocycles. The average molecular weight is 438 g/mol. The first kappa shape index (κ1) is 19.6. The van der Waals surface area contributed by atoms with Crippen LogP contribution in [0.5, 0.6) is 0 Å². The number of allylic oxidation sites excluding steroid dienone is 2. The van der Waals surface area contributed by atoms with Gasteiger partial charge in [0.15, 0.2) is 5.78 Å². The normalized spacial score (nSPS) is 21.7. The Morgan fingerprint density at radius 3 is 2.78 bits per heavy atom. The minimum absolute atomic E-state index is 0.0578. The predicted octanol–water partition coefficient (Wildman–Crippen LogP) is 4.08. The molecule has 1 atom stereocenters. The van der Waals surface area contributed by atoms with Gasteiger partial charge in [0.1, 0.15) is 17.1 Å². The van der Waals surface area contributed by atoms with Crippen molar-refractivity contribution >= 4 is 27.7 Å². The van der Waals surface area contributed by atoms with Crippen LogP contribution in [0.4, 0.5) is 4.39 Å². The van der Waals surface area contributed by atoms with Gasteiger partial charge in [-0.3, -0.25) is 4.79 Å². The van der Waals surface area contributed by atoms with Crippen LogP contribution >= 0.6 is 15.9 Å². The minimum atomic E-state index is -1.22. The standard InChI is InChI=1S/C20H21BrFNO4/c1-4-26-19(25)16-15(11-7-10(21)5-6-13(11)22)17(24)12-8-20(2,3)9-14(12)27-18(16)23/h5-7,15H,4,8-9,23H2,1-3H3. The number of esters is 1. The van der Waals surface area contributed by atoms with Crippen molar-refractivity contribution in [2.45, 2.75) is 39.5 Å². The van der Waals surface area contributed by atoms with Crippen LogP contribution in [-0.4, -0.2) is 18.4 Å². The number of rotatable bonds is 3. The highest BCUT2D eigenvalue weighted by Gasteiger charge is 2.45. The molecule has 2 N–H and O–H groups in total. The third-order valence-corrected chi connectivity index (χ3v) is 5.24. The first-order chi connectivity index (χ1) is 12.6. The highest BCUT2D eigenvalue weighted by molar-refractivity contribution is 9.10. The van der Waals surface area contributed by atoms with Crippen molar-refractivity contribution in [3.05, 3.63) is 56.8 Å². The molecule has 5 nitrogen and oxygen atoms in total. The van der Waals surface area contributed by atoms with Gasteiger partial charge in [0, 0.05) is 22.0 Å². The fourth-order valence-electron chi connectivity index (χ4n) is 3.60. The first-order valence-corrected chi connectivity index (χ1v) is 9.49. The van der Waals surface area contributed by atoms with Crippen molar-refractivity contribution < 1.29 is 23.5 Å². The number of hydrogen-bond donors (Lipinski definition) is 1. The minimum Gasteiger partial charge on any atom is -0.462 e. The highest BCUT2D eigenvalue weighted by Crippen LogP contribution is 2.47. The van der Waals surface area contributed by atoms with Crippen LogP contribution < -0.4 is 5.73 Å². The average Bonchev–Trinajstić information content (AvgIpc) is 2.84. The fourth-order valence-corrected chi connectivity index (χ4v) is 3.98. The molecule has 0 saturated heterocycles. The topological polar surface area (TPSA) is 78.6 Å². The second-order valence-electron chi connectivity index (χ2n) is 7.48. The molecule has 1 heterocycles. The van der Waals surface area contributed by atoms with E-state index in [0.29, 0.717) is 28.6 Å². The van der Waals surface area contributed by atoms with Gasteiger partial charge in [-0.15, -0.1) is 0 Å². The Morgan fingerprint density at radius 2 is 2.11 bits per heavy atom. The second kappa shape index (κ2) is 7.11. The zero-order valence-electron chi connectivity index (χ0n) is 15.4. The molecule has 7 heteroatoms. The smallest absolute Gasteiger partial charge is 0.340 e. The van der Waals surface area contributed by atoms with Crippen molar-refractivity contribution in [1.29, 1.82) is 0 Å².